The van der Waals surface area contributed by atoms with Crippen LogP contribution in [0.4, 0.5) is 0 Å². The minimum Gasteiger partial charge on any atom is -0.466 e. The zero-order valence-electron chi connectivity index (χ0n) is 15.8. The molecule has 1 fully saturated rings. The molecule has 0 bridgehead atoms. The summed E-state index contributed by atoms with van der Waals surface area (Å²) in [6.45, 7) is 6.51. The number of carbonyl (C=O) groups is 1. The monoisotopic (exact) mass is 411 g/mol. The van der Waals surface area contributed by atoms with E-state index in [1.807, 2.05) is 31.4 Å². The van der Waals surface area contributed by atoms with Gasteiger partial charge in [-0.15, -0.1) is 11.3 Å². The molecule has 9 heteroatoms. The number of carbonyl (C=O) groups excluding carboxylic acids is 1. The van der Waals surface area contributed by atoms with Crippen LogP contribution >= 0.6 is 11.3 Å². The Hall–Kier alpha value is -1.71. The molecule has 1 atom stereocenters. The smallest absolute Gasteiger partial charge is 0.310 e. The Morgan fingerprint density at radius 2 is 2.22 bits per heavy atom. The number of nitrogens with zero attached hydrogens (tertiary/aromatic N) is 3. The molecule has 1 saturated heterocycles. The Kier molecular flexibility index (Phi) is 6.02. The molecule has 1 aliphatic rings. The molecule has 0 N–H and O–H groups in total. The van der Waals surface area contributed by atoms with Gasteiger partial charge in [-0.25, -0.2) is 8.42 Å². The summed E-state index contributed by atoms with van der Waals surface area (Å²) in [4.78, 5) is 13.1. The number of esters is 1. The van der Waals surface area contributed by atoms with E-state index in [0.29, 0.717) is 31.7 Å². The summed E-state index contributed by atoms with van der Waals surface area (Å²) in [6.07, 6.45) is 2.88. The first kappa shape index (κ1) is 20.0. The van der Waals surface area contributed by atoms with Crippen LogP contribution in [0.15, 0.2) is 28.6 Å². The summed E-state index contributed by atoms with van der Waals surface area (Å²) >= 11 is 1.46. The van der Waals surface area contributed by atoms with Gasteiger partial charge in [0.05, 0.1) is 17.4 Å². The maximum atomic E-state index is 13.4. The molecular weight excluding hydrogens is 386 g/mol. The van der Waals surface area contributed by atoms with Crippen LogP contribution in [-0.4, -0.2) is 48.2 Å². The Morgan fingerprint density at radius 3 is 2.85 bits per heavy atom. The van der Waals surface area contributed by atoms with Crippen LogP contribution in [-0.2, 0) is 19.6 Å². The molecule has 2 aromatic heterocycles. The highest BCUT2D eigenvalue weighted by molar-refractivity contribution is 7.89. The first-order valence-corrected chi connectivity index (χ1v) is 11.5. The Morgan fingerprint density at radius 1 is 1.44 bits per heavy atom. The van der Waals surface area contributed by atoms with Gasteiger partial charge in [-0.3, -0.25) is 9.48 Å². The van der Waals surface area contributed by atoms with Crippen molar-refractivity contribution in [1.82, 2.24) is 14.1 Å². The SMILES string of the molecule is CCOC(=O)C1CCCN(S(=O)(=O)c2cn(C(C)C)nc2-c2cccs2)C1. The quantitative estimate of drug-likeness (QED) is 0.682. The molecular formula is C18H25N3O4S2. The van der Waals surface area contributed by atoms with Crippen LogP contribution in [0, 0.1) is 5.92 Å². The van der Waals surface area contributed by atoms with Crippen LogP contribution < -0.4 is 0 Å². The van der Waals surface area contributed by atoms with E-state index in [4.69, 9.17) is 4.74 Å². The number of hydrogen-bond acceptors (Lipinski definition) is 6. The molecule has 2 aromatic rings. The topological polar surface area (TPSA) is 81.5 Å². The molecule has 0 aliphatic carbocycles. The first-order valence-electron chi connectivity index (χ1n) is 9.14. The summed E-state index contributed by atoms with van der Waals surface area (Å²) in [5.74, 6) is -0.743. The van der Waals surface area contributed by atoms with Crippen molar-refractivity contribution in [3.63, 3.8) is 0 Å². The molecule has 0 spiro atoms. The van der Waals surface area contributed by atoms with Crippen molar-refractivity contribution in [2.45, 2.75) is 44.6 Å². The molecule has 1 unspecified atom stereocenters. The van der Waals surface area contributed by atoms with Gasteiger partial charge in [0.2, 0.25) is 10.0 Å². The second-order valence-electron chi connectivity index (χ2n) is 6.85. The lowest BCUT2D eigenvalue weighted by molar-refractivity contribution is -0.149. The number of rotatable bonds is 6. The van der Waals surface area contributed by atoms with Gasteiger partial charge in [0, 0.05) is 25.3 Å². The summed E-state index contributed by atoms with van der Waals surface area (Å²) in [5.41, 5.74) is 0.469. The number of piperidine rings is 1. The predicted octanol–water partition coefficient (Wildman–Crippen LogP) is 3.16. The number of hydrogen-bond donors (Lipinski definition) is 0. The maximum Gasteiger partial charge on any atom is 0.310 e. The van der Waals surface area contributed by atoms with E-state index >= 15 is 0 Å². The molecule has 1 aliphatic heterocycles. The number of aromatic nitrogens is 2. The molecule has 0 saturated carbocycles. The van der Waals surface area contributed by atoms with Gasteiger partial charge in [0.25, 0.3) is 0 Å². The number of thiophene rings is 1. The normalized spacial score (nSPS) is 18.7. The van der Waals surface area contributed by atoms with Crippen molar-refractivity contribution in [2.24, 2.45) is 5.92 Å². The minimum atomic E-state index is -3.76. The van der Waals surface area contributed by atoms with E-state index in [1.54, 1.807) is 17.8 Å². The predicted molar refractivity (Wildman–Crippen MR) is 104 cm³/mol. The molecule has 0 radical (unpaired) electrons. The average Bonchev–Trinajstić information content (AvgIpc) is 3.31. The molecule has 3 heterocycles. The highest BCUT2D eigenvalue weighted by atomic mass is 32.2. The molecule has 7 nitrogen and oxygen atoms in total. The van der Waals surface area contributed by atoms with E-state index in [9.17, 15) is 13.2 Å². The van der Waals surface area contributed by atoms with Crippen LogP contribution in [0.3, 0.4) is 0 Å². The fraction of sp³-hybridized carbons (Fsp3) is 0.556. The van der Waals surface area contributed by atoms with Gasteiger partial charge in [-0.1, -0.05) is 6.07 Å². The van der Waals surface area contributed by atoms with Crippen molar-refractivity contribution in [3.8, 4) is 10.6 Å². The fourth-order valence-corrected chi connectivity index (χ4v) is 5.61. The van der Waals surface area contributed by atoms with E-state index in [1.165, 1.54) is 15.6 Å². The average molecular weight is 412 g/mol. The van der Waals surface area contributed by atoms with Gasteiger partial charge in [-0.05, 0) is 45.1 Å². The van der Waals surface area contributed by atoms with Crippen LogP contribution in [0.25, 0.3) is 10.6 Å². The molecule has 3 rings (SSSR count). The summed E-state index contributed by atoms with van der Waals surface area (Å²) in [5, 5.41) is 6.43. The van der Waals surface area contributed by atoms with Crippen molar-refractivity contribution >= 4 is 27.3 Å². The van der Waals surface area contributed by atoms with Gasteiger partial charge in [0.15, 0.2) is 0 Å². The lowest BCUT2D eigenvalue weighted by atomic mass is 10.0. The summed E-state index contributed by atoms with van der Waals surface area (Å²) in [7, 11) is -3.76. The standard InChI is InChI=1S/C18H25N3O4S2/c1-4-25-18(22)14-7-5-9-20(11-14)27(23,24)16-12-21(13(2)3)19-17(16)15-8-6-10-26-15/h6,8,10,12-14H,4-5,7,9,11H2,1-3H3. The lowest BCUT2D eigenvalue weighted by Crippen LogP contribution is -2.42. The Balaban J connectivity index is 1.96. The number of sulfonamides is 1. The molecule has 0 amide bonds. The Bertz CT molecular complexity index is 888. The van der Waals surface area contributed by atoms with Crippen molar-refractivity contribution < 1.29 is 17.9 Å². The van der Waals surface area contributed by atoms with Gasteiger partial charge < -0.3 is 4.74 Å². The third kappa shape index (κ3) is 4.09. The van der Waals surface area contributed by atoms with E-state index in [2.05, 4.69) is 5.10 Å². The zero-order chi connectivity index (χ0) is 19.6. The molecule has 0 aromatic carbocycles. The largest absolute Gasteiger partial charge is 0.466 e. The number of ether oxygens (including phenoxy) is 1. The van der Waals surface area contributed by atoms with E-state index < -0.39 is 15.9 Å². The van der Waals surface area contributed by atoms with Crippen molar-refractivity contribution in [2.75, 3.05) is 19.7 Å². The second kappa shape index (κ2) is 8.12. The second-order valence-corrected chi connectivity index (χ2v) is 9.70. The summed E-state index contributed by atoms with van der Waals surface area (Å²) < 4.78 is 34.9. The van der Waals surface area contributed by atoms with Crippen molar-refractivity contribution in [3.05, 3.63) is 23.7 Å². The van der Waals surface area contributed by atoms with Gasteiger partial charge in [0.1, 0.15) is 10.6 Å². The van der Waals surface area contributed by atoms with Crippen LogP contribution in [0.1, 0.15) is 39.7 Å². The first-order chi connectivity index (χ1) is 12.8. The van der Waals surface area contributed by atoms with Crippen LogP contribution in [0.5, 0.6) is 0 Å². The summed E-state index contributed by atoms with van der Waals surface area (Å²) in [6, 6.07) is 3.79. The maximum absolute atomic E-state index is 13.4. The van der Waals surface area contributed by atoms with E-state index in [0.717, 1.165) is 4.88 Å². The van der Waals surface area contributed by atoms with Gasteiger partial charge in [-0.2, -0.15) is 9.40 Å². The Labute approximate surface area is 164 Å². The molecule has 148 valence electrons. The van der Waals surface area contributed by atoms with Crippen molar-refractivity contribution in [1.29, 1.82) is 0 Å². The van der Waals surface area contributed by atoms with Crippen LogP contribution in [0.2, 0.25) is 0 Å². The fourth-order valence-electron chi connectivity index (χ4n) is 3.16. The van der Waals surface area contributed by atoms with E-state index in [-0.39, 0.29) is 23.5 Å². The lowest BCUT2D eigenvalue weighted by Gasteiger charge is -2.30. The zero-order valence-corrected chi connectivity index (χ0v) is 17.4. The third-order valence-electron chi connectivity index (χ3n) is 4.60. The highest BCUT2D eigenvalue weighted by Crippen LogP contribution is 2.33. The molecule has 27 heavy (non-hydrogen) atoms. The third-order valence-corrected chi connectivity index (χ3v) is 7.35. The highest BCUT2D eigenvalue weighted by Gasteiger charge is 2.36. The van der Waals surface area contributed by atoms with Gasteiger partial charge >= 0.3 is 5.97 Å². The minimum absolute atomic E-state index is 0.0429.